The van der Waals surface area contributed by atoms with Gasteiger partial charge in [0.15, 0.2) is 6.10 Å². The van der Waals surface area contributed by atoms with E-state index in [-0.39, 0.29) is 6.42 Å². The van der Waals surface area contributed by atoms with Crippen LogP contribution in [0.25, 0.3) is 0 Å². The van der Waals surface area contributed by atoms with Crippen molar-refractivity contribution in [1.82, 2.24) is 0 Å². The first kappa shape index (κ1) is 18.8. The number of carbonyl (C=O) groups excluding carboxylic acids is 2. The molecule has 1 atom stereocenters. The molecule has 5 nitrogen and oxygen atoms in total. The number of halogens is 1. The molecule has 0 heterocycles. The lowest BCUT2D eigenvalue weighted by Gasteiger charge is -2.14. The summed E-state index contributed by atoms with van der Waals surface area (Å²) < 4.78 is 10.4. The number of rotatable bonds is 7. The van der Waals surface area contributed by atoms with Crippen LogP contribution in [-0.2, 0) is 20.7 Å². The first-order valence-electron chi connectivity index (χ1n) is 7.88. The molecule has 2 rings (SSSR count). The highest BCUT2D eigenvalue weighted by molar-refractivity contribution is 6.33. The van der Waals surface area contributed by atoms with Crippen LogP contribution in [0.5, 0.6) is 5.75 Å². The third-order valence-corrected chi connectivity index (χ3v) is 3.93. The van der Waals surface area contributed by atoms with Crippen molar-refractivity contribution >= 4 is 29.2 Å². The van der Waals surface area contributed by atoms with Gasteiger partial charge < -0.3 is 14.8 Å². The molecule has 0 radical (unpaired) electrons. The van der Waals surface area contributed by atoms with Gasteiger partial charge in [-0.15, -0.1) is 0 Å². The molecule has 0 aliphatic carbocycles. The molecule has 0 saturated heterocycles. The van der Waals surface area contributed by atoms with Gasteiger partial charge >= 0.3 is 5.97 Å². The smallest absolute Gasteiger partial charge is 0.306 e. The number of nitrogens with one attached hydrogen (secondary N) is 1. The number of hydrogen-bond acceptors (Lipinski definition) is 4. The first-order valence-corrected chi connectivity index (χ1v) is 8.26. The largest absolute Gasteiger partial charge is 0.496 e. The van der Waals surface area contributed by atoms with E-state index in [1.807, 2.05) is 24.3 Å². The quantitative estimate of drug-likeness (QED) is 0.761. The number of carbonyl (C=O) groups is 2. The molecule has 0 aliphatic heterocycles. The van der Waals surface area contributed by atoms with Crippen LogP contribution < -0.4 is 10.1 Å². The molecule has 0 saturated carbocycles. The SMILES string of the molecule is COc1ccccc1CCC(=O)O[C@@H](C)C(=O)Nc1ccccc1Cl. The number of ether oxygens (including phenoxy) is 2. The molecule has 25 heavy (non-hydrogen) atoms. The van der Waals surface area contributed by atoms with Gasteiger partial charge in [-0.05, 0) is 37.1 Å². The number of benzene rings is 2. The third-order valence-electron chi connectivity index (χ3n) is 3.60. The maximum atomic E-state index is 12.1. The van der Waals surface area contributed by atoms with Gasteiger partial charge in [0, 0.05) is 6.42 Å². The summed E-state index contributed by atoms with van der Waals surface area (Å²) in [7, 11) is 1.58. The molecule has 1 amide bonds. The van der Waals surface area contributed by atoms with Crippen molar-refractivity contribution in [2.24, 2.45) is 0 Å². The van der Waals surface area contributed by atoms with Gasteiger partial charge in [-0.1, -0.05) is 41.9 Å². The minimum Gasteiger partial charge on any atom is -0.496 e. The van der Waals surface area contributed by atoms with Crippen molar-refractivity contribution < 1.29 is 19.1 Å². The van der Waals surface area contributed by atoms with Crippen LogP contribution in [0, 0.1) is 0 Å². The minimum atomic E-state index is -0.915. The fourth-order valence-electron chi connectivity index (χ4n) is 2.25. The van der Waals surface area contributed by atoms with E-state index in [0.717, 1.165) is 11.3 Å². The van der Waals surface area contributed by atoms with Crippen LogP contribution in [0.3, 0.4) is 0 Å². The van der Waals surface area contributed by atoms with E-state index < -0.39 is 18.0 Å². The number of anilines is 1. The maximum Gasteiger partial charge on any atom is 0.306 e. The Bertz CT molecular complexity index is 748. The topological polar surface area (TPSA) is 64.6 Å². The molecule has 132 valence electrons. The Kier molecular flexibility index (Phi) is 6.83. The van der Waals surface area contributed by atoms with Gasteiger partial charge in [0.25, 0.3) is 5.91 Å². The number of esters is 1. The summed E-state index contributed by atoms with van der Waals surface area (Å²) in [4.78, 5) is 24.1. The van der Waals surface area contributed by atoms with Crippen molar-refractivity contribution in [2.45, 2.75) is 25.9 Å². The van der Waals surface area contributed by atoms with E-state index in [9.17, 15) is 9.59 Å². The van der Waals surface area contributed by atoms with Crippen molar-refractivity contribution in [3.8, 4) is 5.75 Å². The van der Waals surface area contributed by atoms with Gasteiger partial charge in [-0.3, -0.25) is 9.59 Å². The van der Waals surface area contributed by atoms with Crippen LogP contribution in [0.1, 0.15) is 18.9 Å². The fourth-order valence-corrected chi connectivity index (χ4v) is 2.44. The highest BCUT2D eigenvalue weighted by Gasteiger charge is 2.19. The Labute approximate surface area is 151 Å². The van der Waals surface area contributed by atoms with Crippen LogP contribution in [-0.4, -0.2) is 25.1 Å². The zero-order chi connectivity index (χ0) is 18.2. The number of aryl methyl sites for hydroxylation is 1. The van der Waals surface area contributed by atoms with Gasteiger partial charge in [0.1, 0.15) is 5.75 Å². The molecule has 0 bridgehead atoms. The predicted octanol–water partition coefficient (Wildman–Crippen LogP) is 3.85. The Morgan fingerprint density at radius 3 is 2.52 bits per heavy atom. The summed E-state index contributed by atoms with van der Waals surface area (Å²) in [5.41, 5.74) is 1.39. The molecule has 0 spiro atoms. The Morgan fingerprint density at radius 2 is 1.80 bits per heavy atom. The predicted molar refractivity (Wildman–Crippen MR) is 97.0 cm³/mol. The van der Waals surface area contributed by atoms with Crippen molar-refractivity contribution in [2.75, 3.05) is 12.4 Å². The second-order valence-corrected chi connectivity index (χ2v) is 5.82. The second kappa shape index (κ2) is 9.08. The summed E-state index contributed by atoms with van der Waals surface area (Å²) in [6.07, 6.45) is -0.285. The van der Waals surface area contributed by atoms with Gasteiger partial charge in [0.05, 0.1) is 17.8 Å². The molecule has 6 heteroatoms. The molecule has 2 aromatic carbocycles. The molecule has 0 aromatic heterocycles. The Hall–Kier alpha value is -2.53. The van der Waals surface area contributed by atoms with Crippen LogP contribution >= 0.6 is 11.6 Å². The molecule has 0 fully saturated rings. The number of para-hydroxylation sites is 2. The van der Waals surface area contributed by atoms with Gasteiger partial charge in [-0.2, -0.15) is 0 Å². The van der Waals surface area contributed by atoms with Crippen LogP contribution in [0.2, 0.25) is 5.02 Å². The highest BCUT2D eigenvalue weighted by atomic mass is 35.5. The Morgan fingerprint density at radius 1 is 1.12 bits per heavy atom. The molecular formula is C19H20ClNO4. The standard InChI is InChI=1S/C19H20ClNO4/c1-13(19(23)21-16-9-5-4-8-15(16)20)25-18(22)12-11-14-7-3-6-10-17(14)24-2/h3-10,13H,11-12H2,1-2H3,(H,21,23)/t13-/m0/s1. The lowest BCUT2D eigenvalue weighted by molar-refractivity contribution is -0.153. The third kappa shape index (κ3) is 5.50. The van der Waals surface area contributed by atoms with E-state index in [0.29, 0.717) is 17.1 Å². The van der Waals surface area contributed by atoms with E-state index in [2.05, 4.69) is 5.32 Å². The number of amides is 1. The maximum absolute atomic E-state index is 12.1. The first-order chi connectivity index (χ1) is 12.0. The van der Waals surface area contributed by atoms with Gasteiger partial charge in [-0.25, -0.2) is 0 Å². The number of methoxy groups -OCH3 is 1. The highest BCUT2D eigenvalue weighted by Crippen LogP contribution is 2.21. The summed E-state index contributed by atoms with van der Waals surface area (Å²) in [5.74, 6) is -0.161. The van der Waals surface area contributed by atoms with Crippen molar-refractivity contribution in [3.63, 3.8) is 0 Å². The zero-order valence-electron chi connectivity index (χ0n) is 14.1. The van der Waals surface area contributed by atoms with Gasteiger partial charge in [0.2, 0.25) is 0 Å². The molecular weight excluding hydrogens is 342 g/mol. The molecule has 0 unspecified atom stereocenters. The van der Waals surface area contributed by atoms with Crippen molar-refractivity contribution in [1.29, 1.82) is 0 Å². The lowest BCUT2D eigenvalue weighted by atomic mass is 10.1. The fraction of sp³-hybridized carbons (Fsp3) is 0.263. The zero-order valence-corrected chi connectivity index (χ0v) is 14.9. The summed E-state index contributed by atoms with van der Waals surface area (Å²) in [6.45, 7) is 1.52. The van der Waals surface area contributed by atoms with Crippen molar-refractivity contribution in [3.05, 3.63) is 59.1 Å². The molecule has 1 N–H and O–H groups in total. The monoisotopic (exact) mass is 361 g/mol. The average molecular weight is 362 g/mol. The van der Waals surface area contributed by atoms with E-state index in [1.54, 1.807) is 31.4 Å². The summed E-state index contributed by atoms with van der Waals surface area (Å²) >= 11 is 5.99. The second-order valence-electron chi connectivity index (χ2n) is 5.41. The van der Waals surface area contributed by atoms with Crippen LogP contribution in [0.15, 0.2) is 48.5 Å². The molecule has 2 aromatic rings. The van der Waals surface area contributed by atoms with E-state index in [4.69, 9.17) is 21.1 Å². The lowest BCUT2D eigenvalue weighted by Crippen LogP contribution is -2.30. The van der Waals surface area contributed by atoms with E-state index in [1.165, 1.54) is 6.92 Å². The average Bonchev–Trinajstić information content (AvgIpc) is 2.62. The van der Waals surface area contributed by atoms with Crippen LogP contribution in [0.4, 0.5) is 5.69 Å². The summed E-state index contributed by atoms with van der Waals surface area (Å²) in [6, 6.07) is 14.3. The minimum absolute atomic E-state index is 0.157. The number of hydrogen-bond donors (Lipinski definition) is 1. The summed E-state index contributed by atoms with van der Waals surface area (Å²) in [5, 5.41) is 3.06. The Balaban J connectivity index is 1.85. The normalized spacial score (nSPS) is 11.5. The molecule has 0 aliphatic rings. The van der Waals surface area contributed by atoms with E-state index >= 15 is 0 Å².